The molecule has 1 heterocycles. The van der Waals surface area contributed by atoms with Crippen molar-refractivity contribution in [2.24, 2.45) is 0 Å². The van der Waals surface area contributed by atoms with Crippen LogP contribution in [0.3, 0.4) is 0 Å². The fourth-order valence-electron chi connectivity index (χ4n) is 1.77. The zero-order valence-electron chi connectivity index (χ0n) is 9.33. The topological polar surface area (TPSA) is 21.3 Å². The van der Waals surface area contributed by atoms with Gasteiger partial charge in [0.05, 0.1) is 11.6 Å². The van der Waals surface area contributed by atoms with E-state index >= 15 is 0 Å². The number of rotatable bonds is 3. The Balaban J connectivity index is 2.13. The standard InChI is InChI=1S/C12H16ClNOS/c1-2-15-11-4-3-9(7-10(11)13)12-8-14-5-6-16-12/h3-4,7,12,14H,2,5-6,8H2,1H3. The average Bonchev–Trinajstić information content (AvgIpc) is 2.33. The molecule has 0 bridgehead atoms. The summed E-state index contributed by atoms with van der Waals surface area (Å²) in [4.78, 5) is 0. The second-order valence-electron chi connectivity index (χ2n) is 3.69. The van der Waals surface area contributed by atoms with Crippen LogP contribution in [0, 0.1) is 0 Å². The van der Waals surface area contributed by atoms with Crippen molar-refractivity contribution in [1.82, 2.24) is 5.32 Å². The van der Waals surface area contributed by atoms with E-state index in [1.165, 1.54) is 5.56 Å². The molecule has 1 aromatic carbocycles. The van der Waals surface area contributed by atoms with Crippen LogP contribution >= 0.6 is 23.4 Å². The van der Waals surface area contributed by atoms with Gasteiger partial charge in [0.1, 0.15) is 5.75 Å². The molecule has 1 aliphatic rings. The van der Waals surface area contributed by atoms with Crippen LogP contribution in [-0.2, 0) is 0 Å². The third kappa shape index (κ3) is 2.84. The molecule has 2 rings (SSSR count). The minimum Gasteiger partial charge on any atom is -0.492 e. The summed E-state index contributed by atoms with van der Waals surface area (Å²) in [6, 6.07) is 6.11. The fraction of sp³-hybridized carbons (Fsp3) is 0.500. The molecule has 0 radical (unpaired) electrons. The maximum atomic E-state index is 6.17. The van der Waals surface area contributed by atoms with E-state index in [1.54, 1.807) is 0 Å². The molecule has 0 aromatic heterocycles. The normalized spacial score (nSPS) is 20.8. The Kier molecular flexibility index (Phi) is 4.38. The molecule has 1 atom stereocenters. The molecular weight excluding hydrogens is 242 g/mol. The van der Waals surface area contributed by atoms with E-state index in [-0.39, 0.29) is 0 Å². The molecule has 1 unspecified atom stereocenters. The van der Waals surface area contributed by atoms with Gasteiger partial charge in [-0.1, -0.05) is 17.7 Å². The Hall–Kier alpha value is -0.380. The molecule has 0 spiro atoms. The second-order valence-corrected chi connectivity index (χ2v) is 5.40. The number of benzene rings is 1. The Bertz CT molecular complexity index is 353. The maximum Gasteiger partial charge on any atom is 0.137 e. The molecule has 0 saturated carbocycles. The van der Waals surface area contributed by atoms with E-state index in [9.17, 15) is 0 Å². The van der Waals surface area contributed by atoms with Crippen molar-refractivity contribution < 1.29 is 4.74 Å². The molecule has 2 nitrogen and oxygen atoms in total. The Morgan fingerprint density at radius 2 is 2.44 bits per heavy atom. The third-order valence-electron chi connectivity index (χ3n) is 2.56. The number of hydrogen-bond acceptors (Lipinski definition) is 3. The van der Waals surface area contributed by atoms with Crippen molar-refractivity contribution in [3.63, 3.8) is 0 Å². The van der Waals surface area contributed by atoms with Crippen molar-refractivity contribution in [2.75, 3.05) is 25.4 Å². The zero-order chi connectivity index (χ0) is 11.4. The van der Waals surface area contributed by atoms with Crippen LogP contribution < -0.4 is 10.1 Å². The first-order chi connectivity index (χ1) is 7.81. The molecule has 0 aliphatic carbocycles. The first-order valence-electron chi connectivity index (χ1n) is 5.56. The van der Waals surface area contributed by atoms with Crippen LogP contribution in [0.25, 0.3) is 0 Å². The summed E-state index contributed by atoms with van der Waals surface area (Å²) >= 11 is 8.15. The molecule has 88 valence electrons. The van der Waals surface area contributed by atoms with Crippen LogP contribution in [0.4, 0.5) is 0 Å². The lowest BCUT2D eigenvalue weighted by Gasteiger charge is -2.23. The van der Waals surface area contributed by atoms with E-state index in [2.05, 4.69) is 11.4 Å². The van der Waals surface area contributed by atoms with Gasteiger partial charge in [-0.15, -0.1) is 0 Å². The summed E-state index contributed by atoms with van der Waals surface area (Å²) in [5, 5.41) is 4.63. The molecule has 1 aliphatic heterocycles. The van der Waals surface area contributed by atoms with Crippen LogP contribution in [0.15, 0.2) is 18.2 Å². The summed E-state index contributed by atoms with van der Waals surface area (Å²) in [5.74, 6) is 1.94. The molecule has 16 heavy (non-hydrogen) atoms. The first-order valence-corrected chi connectivity index (χ1v) is 6.98. The summed E-state index contributed by atoms with van der Waals surface area (Å²) in [6.45, 7) is 4.74. The molecule has 1 aromatic rings. The minimum atomic E-state index is 0.516. The molecule has 0 amide bonds. The highest BCUT2D eigenvalue weighted by Crippen LogP contribution is 2.34. The van der Waals surface area contributed by atoms with Crippen LogP contribution in [-0.4, -0.2) is 25.4 Å². The quantitative estimate of drug-likeness (QED) is 0.899. The predicted molar refractivity (Wildman–Crippen MR) is 70.7 cm³/mol. The van der Waals surface area contributed by atoms with E-state index < -0.39 is 0 Å². The molecule has 4 heteroatoms. The Morgan fingerprint density at radius 3 is 3.06 bits per heavy atom. The summed E-state index contributed by atoms with van der Waals surface area (Å²) in [7, 11) is 0. The third-order valence-corrected chi connectivity index (χ3v) is 4.13. The smallest absolute Gasteiger partial charge is 0.137 e. The monoisotopic (exact) mass is 257 g/mol. The molecule has 1 N–H and O–H groups in total. The number of nitrogens with one attached hydrogen (secondary N) is 1. The van der Waals surface area contributed by atoms with Gasteiger partial charge in [-0.25, -0.2) is 0 Å². The maximum absolute atomic E-state index is 6.17. The molecule has 1 saturated heterocycles. The van der Waals surface area contributed by atoms with Crippen LogP contribution in [0.2, 0.25) is 5.02 Å². The second kappa shape index (κ2) is 5.80. The van der Waals surface area contributed by atoms with Crippen LogP contribution in [0.5, 0.6) is 5.75 Å². The highest BCUT2D eigenvalue weighted by molar-refractivity contribution is 7.99. The van der Waals surface area contributed by atoms with Gasteiger partial charge in [0.15, 0.2) is 0 Å². The number of hydrogen-bond donors (Lipinski definition) is 1. The van der Waals surface area contributed by atoms with Gasteiger partial charge in [0.25, 0.3) is 0 Å². The van der Waals surface area contributed by atoms with Gasteiger partial charge in [-0.3, -0.25) is 0 Å². The van der Waals surface area contributed by atoms with Crippen molar-refractivity contribution in [3.8, 4) is 5.75 Å². The lowest BCUT2D eigenvalue weighted by molar-refractivity contribution is 0.340. The van der Waals surface area contributed by atoms with Gasteiger partial charge in [-0.2, -0.15) is 11.8 Å². The van der Waals surface area contributed by atoms with Gasteiger partial charge < -0.3 is 10.1 Å². The summed E-state index contributed by atoms with van der Waals surface area (Å²) in [5.41, 5.74) is 1.28. The van der Waals surface area contributed by atoms with Crippen molar-refractivity contribution >= 4 is 23.4 Å². The number of halogens is 1. The van der Waals surface area contributed by atoms with E-state index in [4.69, 9.17) is 16.3 Å². The average molecular weight is 258 g/mol. The predicted octanol–water partition coefficient (Wildman–Crippen LogP) is 3.12. The van der Waals surface area contributed by atoms with E-state index in [0.717, 1.165) is 24.6 Å². The summed E-state index contributed by atoms with van der Waals surface area (Å²) in [6.07, 6.45) is 0. The number of thioether (sulfide) groups is 1. The zero-order valence-corrected chi connectivity index (χ0v) is 10.9. The Labute approximate surface area is 106 Å². The largest absolute Gasteiger partial charge is 0.492 e. The summed E-state index contributed by atoms with van der Waals surface area (Å²) < 4.78 is 5.42. The van der Waals surface area contributed by atoms with Crippen molar-refractivity contribution in [2.45, 2.75) is 12.2 Å². The lowest BCUT2D eigenvalue weighted by atomic mass is 10.1. The van der Waals surface area contributed by atoms with Gasteiger partial charge in [-0.05, 0) is 24.6 Å². The highest BCUT2D eigenvalue weighted by Gasteiger charge is 2.16. The lowest BCUT2D eigenvalue weighted by Crippen LogP contribution is -2.28. The highest BCUT2D eigenvalue weighted by atomic mass is 35.5. The van der Waals surface area contributed by atoms with Crippen molar-refractivity contribution in [3.05, 3.63) is 28.8 Å². The minimum absolute atomic E-state index is 0.516. The fourth-order valence-corrected chi connectivity index (χ4v) is 3.13. The van der Waals surface area contributed by atoms with E-state index in [1.807, 2.05) is 30.8 Å². The molecular formula is C12H16ClNOS. The van der Waals surface area contributed by atoms with Gasteiger partial charge >= 0.3 is 0 Å². The van der Waals surface area contributed by atoms with Crippen molar-refractivity contribution in [1.29, 1.82) is 0 Å². The van der Waals surface area contributed by atoms with E-state index in [0.29, 0.717) is 16.9 Å². The van der Waals surface area contributed by atoms with Gasteiger partial charge in [0, 0.05) is 24.1 Å². The first kappa shape index (κ1) is 12.1. The van der Waals surface area contributed by atoms with Crippen LogP contribution in [0.1, 0.15) is 17.7 Å². The molecule has 1 fully saturated rings. The number of ether oxygens (including phenoxy) is 1. The van der Waals surface area contributed by atoms with Gasteiger partial charge in [0.2, 0.25) is 0 Å². The SMILES string of the molecule is CCOc1ccc(C2CNCCS2)cc1Cl. The Morgan fingerprint density at radius 1 is 1.56 bits per heavy atom.